The summed E-state index contributed by atoms with van der Waals surface area (Å²) in [5.74, 6) is -0.949. The zero-order chi connectivity index (χ0) is 15.4. The fourth-order valence-electron chi connectivity index (χ4n) is 1.75. The number of rotatable bonds is 4. The molecule has 0 amide bonds. The zero-order valence-corrected chi connectivity index (χ0v) is 13.5. The fraction of sp³-hybridized carbons (Fsp3) is 0.133. The third-order valence-electron chi connectivity index (χ3n) is 2.85. The summed E-state index contributed by atoms with van der Waals surface area (Å²) in [6.45, 7) is 0.383. The first-order chi connectivity index (χ1) is 10.0. The molecule has 0 aliphatic carbocycles. The van der Waals surface area contributed by atoms with Crippen molar-refractivity contribution in [2.75, 3.05) is 12.4 Å². The number of methoxy groups -OCH3 is 1. The molecule has 21 heavy (non-hydrogen) atoms. The molecule has 6 heteroatoms. The lowest BCUT2D eigenvalue weighted by atomic mass is 10.1. The van der Waals surface area contributed by atoms with Crippen LogP contribution in [0.5, 0.6) is 0 Å². The summed E-state index contributed by atoms with van der Waals surface area (Å²) < 4.78 is 19.1. The van der Waals surface area contributed by atoms with Gasteiger partial charge >= 0.3 is 5.97 Å². The van der Waals surface area contributed by atoms with Gasteiger partial charge in [0, 0.05) is 11.0 Å². The van der Waals surface area contributed by atoms with Gasteiger partial charge in [-0.3, -0.25) is 0 Å². The van der Waals surface area contributed by atoms with E-state index in [-0.39, 0.29) is 11.3 Å². The lowest BCUT2D eigenvalue weighted by Crippen LogP contribution is -2.05. The van der Waals surface area contributed by atoms with Gasteiger partial charge < -0.3 is 10.1 Å². The molecule has 0 saturated carbocycles. The second-order valence-corrected chi connectivity index (χ2v) is 5.55. The van der Waals surface area contributed by atoms with Crippen molar-refractivity contribution in [3.05, 3.63) is 62.8 Å². The quantitative estimate of drug-likeness (QED) is 0.795. The molecule has 0 radical (unpaired) electrons. The second kappa shape index (κ2) is 6.91. The second-order valence-electron chi connectivity index (χ2n) is 4.29. The van der Waals surface area contributed by atoms with Gasteiger partial charge in [-0.25, -0.2) is 9.18 Å². The molecule has 0 bridgehead atoms. The van der Waals surface area contributed by atoms with Gasteiger partial charge in [-0.05, 0) is 51.8 Å². The highest BCUT2D eigenvalue weighted by molar-refractivity contribution is 9.10. The highest BCUT2D eigenvalue weighted by atomic mass is 79.9. The van der Waals surface area contributed by atoms with Crippen molar-refractivity contribution in [2.24, 2.45) is 0 Å². The van der Waals surface area contributed by atoms with Crippen molar-refractivity contribution in [2.45, 2.75) is 6.54 Å². The molecule has 0 atom stereocenters. The van der Waals surface area contributed by atoms with Crippen molar-refractivity contribution in [1.29, 1.82) is 0 Å². The minimum absolute atomic E-state index is 0.233. The largest absolute Gasteiger partial charge is 0.465 e. The summed E-state index contributed by atoms with van der Waals surface area (Å²) in [4.78, 5) is 11.4. The Morgan fingerprint density at radius 1 is 1.33 bits per heavy atom. The van der Waals surface area contributed by atoms with Gasteiger partial charge in [0.25, 0.3) is 0 Å². The van der Waals surface area contributed by atoms with E-state index in [1.807, 2.05) is 12.1 Å². The lowest BCUT2D eigenvalue weighted by molar-refractivity contribution is 0.0600. The van der Waals surface area contributed by atoms with Crippen LogP contribution >= 0.6 is 27.5 Å². The van der Waals surface area contributed by atoms with Gasteiger partial charge in [0.05, 0.1) is 23.4 Å². The van der Waals surface area contributed by atoms with Crippen LogP contribution in [0.15, 0.2) is 40.9 Å². The maximum Gasteiger partial charge on any atom is 0.337 e. The predicted molar refractivity (Wildman–Crippen MR) is 84.2 cm³/mol. The third kappa shape index (κ3) is 3.95. The van der Waals surface area contributed by atoms with E-state index in [0.29, 0.717) is 11.6 Å². The molecule has 2 aromatic carbocycles. The Kier molecular flexibility index (Phi) is 5.20. The molecule has 110 valence electrons. The van der Waals surface area contributed by atoms with E-state index in [2.05, 4.69) is 26.0 Å². The van der Waals surface area contributed by atoms with Gasteiger partial charge in [0.15, 0.2) is 0 Å². The molecule has 0 unspecified atom stereocenters. The molecule has 2 aromatic rings. The molecule has 0 fully saturated rings. The number of nitrogens with one attached hydrogen (secondary N) is 1. The number of anilines is 1. The number of carbonyl (C=O) groups excluding carboxylic acids is 1. The van der Waals surface area contributed by atoms with Crippen LogP contribution in [0, 0.1) is 5.82 Å². The number of hydrogen-bond acceptors (Lipinski definition) is 3. The molecule has 0 spiro atoms. The van der Waals surface area contributed by atoms with Gasteiger partial charge in [-0.2, -0.15) is 0 Å². The standard InChI is InChI=1S/C15H12BrClFNO2/c1-21-15(20)10-3-5-13(18)14(7-10)19-8-9-2-4-11(16)12(17)6-9/h2-7,19H,8H2,1H3. The summed E-state index contributed by atoms with van der Waals surface area (Å²) in [5.41, 5.74) is 1.42. The average Bonchev–Trinajstić information content (AvgIpc) is 2.49. The molecule has 2 rings (SSSR count). The molecule has 0 saturated heterocycles. The van der Waals surface area contributed by atoms with E-state index in [1.54, 1.807) is 6.07 Å². The molecule has 0 aliphatic heterocycles. The fourth-order valence-corrected chi connectivity index (χ4v) is 2.20. The topological polar surface area (TPSA) is 38.3 Å². The van der Waals surface area contributed by atoms with Crippen LogP contribution in [0.2, 0.25) is 5.02 Å². The predicted octanol–water partition coefficient (Wildman–Crippen LogP) is 4.64. The van der Waals surface area contributed by atoms with Crippen molar-refractivity contribution in [3.8, 4) is 0 Å². The van der Waals surface area contributed by atoms with Crippen LogP contribution in [0.25, 0.3) is 0 Å². The first-order valence-electron chi connectivity index (χ1n) is 6.07. The number of carbonyl (C=O) groups is 1. The highest BCUT2D eigenvalue weighted by Crippen LogP contribution is 2.24. The van der Waals surface area contributed by atoms with E-state index >= 15 is 0 Å². The number of halogens is 3. The maximum atomic E-state index is 13.7. The maximum absolute atomic E-state index is 13.7. The normalized spacial score (nSPS) is 10.3. The first kappa shape index (κ1) is 15.8. The summed E-state index contributed by atoms with van der Waals surface area (Å²) in [6, 6.07) is 9.49. The van der Waals surface area contributed by atoms with Gasteiger partial charge in [0.1, 0.15) is 5.82 Å². The monoisotopic (exact) mass is 371 g/mol. The van der Waals surface area contributed by atoms with Crippen LogP contribution in [-0.2, 0) is 11.3 Å². The Balaban J connectivity index is 2.15. The van der Waals surface area contributed by atoms with Gasteiger partial charge in [-0.15, -0.1) is 0 Å². The summed E-state index contributed by atoms with van der Waals surface area (Å²) in [7, 11) is 1.28. The van der Waals surface area contributed by atoms with E-state index in [0.717, 1.165) is 10.0 Å². The molecule has 1 N–H and O–H groups in total. The van der Waals surface area contributed by atoms with Crippen LogP contribution in [-0.4, -0.2) is 13.1 Å². The van der Waals surface area contributed by atoms with E-state index < -0.39 is 11.8 Å². The number of hydrogen-bond donors (Lipinski definition) is 1. The molecule has 0 heterocycles. The minimum Gasteiger partial charge on any atom is -0.465 e. The molecular formula is C15H12BrClFNO2. The summed E-state index contributed by atoms with van der Waals surface area (Å²) >= 11 is 9.31. The third-order valence-corrected chi connectivity index (χ3v) is 4.09. The molecule has 3 nitrogen and oxygen atoms in total. The average molecular weight is 373 g/mol. The SMILES string of the molecule is COC(=O)c1ccc(F)c(NCc2ccc(Br)c(Cl)c2)c1. The molecule has 0 aliphatic rings. The van der Waals surface area contributed by atoms with Crippen LogP contribution in [0.4, 0.5) is 10.1 Å². The Morgan fingerprint density at radius 2 is 2.10 bits per heavy atom. The van der Waals surface area contributed by atoms with Crippen molar-refractivity contribution >= 4 is 39.2 Å². The lowest BCUT2D eigenvalue weighted by Gasteiger charge is -2.10. The Morgan fingerprint density at radius 3 is 2.76 bits per heavy atom. The van der Waals surface area contributed by atoms with Crippen LogP contribution in [0.3, 0.4) is 0 Å². The Labute approximate surface area is 135 Å². The number of ether oxygens (including phenoxy) is 1. The van der Waals surface area contributed by atoms with Crippen LogP contribution in [0.1, 0.15) is 15.9 Å². The number of esters is 1. The van der Waals surface area contributed by atoms with E-state index in [1.165, 1.54) is 25.3 Å². The van der Waals surface area contributed by atoms with Crippen molar-refractivity contribution in [1.82, 2.24) is 0 Å². The first-order valence-corrected chi connectivity index (χ1v) is 7.24. The molecular weight excluding hydrogens is 361 g/mol. The zero-order valence-electron chi connectivity index (χ0n) is 11.1. The van der Waals surface area contributed by atoms with E-state index in [4.69, 9.17) is 11.6 Å². The van der Waals surface area contributed by atoms with E-state index in [9.17, 15) is 9.18 Å². The Hall–Kier alpha value is -1.59. The molecule has 0 aromatic heterocycles. The van der Waals surface area contributed by atoms with Crippen molar-refractivity contribution in [3.63, 3.8) is 0 Å². The smallest absolute Gasteiger partial charge is 0.337 e. The van der Waals surface area contributed by atoms with Crippen molar-refractivity contribution < 1.29 is 13.9 Å². The van der Waals surface area contributed by atoms with Crippen LogP contribution < -0.4 is 5.32 Å². The number of benzene rings is 2. The highest BCUT2D eigenvalue weighted by Gasteiger charge is 2.10. The minimum atomic E-state index is -0.510. The summed E-state index contributed by atoms with van der Waals surface area (Å²) in [6.07, 6.45) is 0. The Bertz CT molecular complexity index is 679. The van der Waals surface area contributed by atoms with Gasteiger partial charge in [-0.1, -0.05) is 17.7 Å². The summed E-state index contributed by atoms with van der Waals surface area (Å²) in [5, 5.41) is 3.52. The van der Waals surface area contributed by atoms with Gasteiger partial charge in [0.2, 0.25) is 0 Å².